The molecule has 0 bridgehead atoms. The van der Waals surface area contributed by atoms with Gasteiger partial charge in [0, 0.05) is 21.3 Å². The standard InChI is InChI=1S/C7H7ClIN/c1-10-7-4-5(8)2-3-6(7)9/h2-4,10H,1H3. The fraction of sp³-hybridized carbons (Fsp3) is 0.143. The van der Waals surface area contributed by atoms with E-state index in [1.165, 1.54) is 3.57 Å². The predicted molar refractivity (Wildman–Crippen MR) is 53.7 cm³/mol. The van der Waals surface area contributed by atoms with Crippen LogP contribution in [0.1, 0.15) is 0 Å². The molecule has 1 nitrogen and oxygen atoms in total. The molecule has 0 amide bonds. The topological polar surface area (TPSA) is 12.0 Å². The van der Waals surface area contributed by atoms with Crippen molar-refractivity contribution in [2.75, 3.05) is 12.4 Å². The van der Waals surface area contributed by atoms with Crippen LogP contribution in [0.5, 0.6) is 0 Å². The van der Waals surface area contributed by atoms with Crippen molar-refractivity contribution in [2.24, 2.45) is 0 Å². The summed E-state index contributed by atoms with van der Waals surface area (Å²) >= 11 is 8.01. The molecule has 0 aromatic heterocycles. The van der Waals surface area contributed by atoms with Gasteiger partial charge < -0.3 is 5.32 Å². The second kappa shape index (κ2) is 3.44. The van der Waals surface area contributed by atoms with Crippen LogP contribution in [0.3, 0.4) is 0 Å². The van der Waals surface area contributed by atoms with Crippen LogP contribution < -0.4 is 5.32 Å². The maximum atomic E-state index is 5.75. The highest BCUT2D eigenvalue weighted by molar-refractivity contribution is 14.1. The van der Waals surface area contributed by atoms with Gasteiger partial charge in [0.15, 0.2) is 0 Å². The van der Waals surface area contributed by atoms with E-state index >= 15 is 0 Å². The Morgan fingerprint density at radius 2 is 2.20 bits per heavy atom. The molecule has 0 saturated heterocycles. The number of benzene rings is 1. The lowest BCUT2D eigenvalue weighted by atomic mass is 10.3. The molecule has 0 atom stereocenters. The van der Waals surface area contributed by atoms with Crippen LogP contribution in [0.4, 0.5) is 5.69 Å². The third kappa shape index (κ3) is 1.76. The van der Waals surface area contributed by atoms with E-state index in [0.29, 0.717) is 0 Å². The molecule has 3 heteroatoms. The second-order valence-electron chi connectivity index (χ2n) is 1.87. The zero-order valence-electron chi connectivity index (χ0n) is 5.49. The summed E-state index contributed by atoms with van der Waals surface area (Å²) in [5.41, 5.74) is 1.08. The summed E-state index contributed by atoms with van der Waals surface area (Å²) in [4.78, 5) is 0. The lowest BCUT2D eigenvalue weighted by Crippen LogP contribution is -1.90. The number of halogens is 2. The van der Waals surface area contributed by atoms with E-state index in [9.17, 15) is 0 Å². The van der Waals surface area contributed by atoms with Crippen molar-refractivity contribution in [1.29, 1.82) is 0 Å². The number of hydrogen-bond donors (Lipinski definition) is 1. The van der Waals surface area contributed by atoms with Crippen molar-refractivity contribution in [1.82, 2.24) is 0 Å². The van der Waals surface area contributed by atoms with Gasteiger partial charge in [0.1, 0.15) is 0 Å². The molecule has 0 unspecified atom stereocenters. The molecule has 0 aliphatic rings. The third-order valence-electron chi connectivity index (χ3n) is 1.20. The Balaban J connectivity index is 3.09. The number of nitrogens with one attached hydrogen (secondary N) is 1. The van der Waals surface area contributed by atoms with Crippen molar-refractivity contribution < 1.29 is 0 Å². The number of anilines is 1. The van der Waals surface area contributed by atoms with Crippen LogP contribution in [0.25, 0.3) is 0 Å². The van der Waals surface area contributed by atoms with Gasteiger partial charge in [0.05, 0.1) is 0 Å². The fourth-order valence-corrected chi connectivity index (χ4v) is 1.47. The lowest BCUT2D eigenvalue weighted by Gasteiger charge is -2.02. The van der Waals surface area contributed by atoms with Gasteiger partial charge in [-0.3, -0.25) is 0 Å². The summed E-state index contributed by atoms with van der Waals surface area (Å²) in [6, 6.07) is 5.77. The second-order valence-corrected chi connectivity index (χ2v) is 3.47. The first-order valence-electron chi connectivity index (χ1n) is 2.87. The van der Waals surface area contributed by atoms with Crippen LogP contribution in [-0.2, 0) is 0 Å². The molecule has 0 radical (unpaired) electrons. The van der Waals surface area contributed by atoms with Gasteiger partial charge in [0.25, 0.3) is 0 Å². The molecule has 1 aromatic carbocycles. The van der Waals surface area contributed by atoms with Crippen LogP contribution in [0.15, 0.2) is 18.2 Å². The van der Waals surface area contributed by atoms with Gasteiger partial charge in [-0.1, -0.05) is 11.6 Å². The van der Waals surface area contributed by atoms with Gasteiger partial charge in [-0.05, 0) is 40.8 Å². The Morgan fingerprint density at radius 3 is 2.70 bits per heavy atom. The highest BCUT2D eigenvalue weighted by Gasteiger charge is 1.95. The molecule has 54 valence electrons. The summed E-state index contributed by atoms with van der Waals surface area (Å²) in [6.45, 7) is 0. The average molecular weight is 267 g/mol. The van der Waals surface area contributed by atoms with Crippen molar-refractivity contribution in [2.45, 2.75) is 0 Å². The van der Waals surface area contributed by atoms with E-state index in [4.69, 9.17) is 11.6 Å². The minimum atomic E-state index is 0.768. The molecular weight excluding hydrogens is 260 g/mol. The molecule has 0 aliphatic heterocycles. The average Bonchev–Trinajstić information content (AvgIpc) is 1.94. The normalized spacial score (nSPS) is 9.50. The van der Waals surface area contributed by atoms with E-state index in [1.807, 2.05) is 25.2 Å². The molecule has 0 spiro atoms. The largest absolute Gasteiger partial charge is 0.387 e. The monoisotopic (exact) mass is 267 g/mol. The Kier molecular flexibility index (Phi) is 2.80. The molecule has 1 rings (SSSR count). The minimum Gasteiger partial charge on any atom is -0.387 e. The van der Waals surface area contributed by atoms with Crippen molar-refractivity contribution in [3.8, 4) is 0 Å². The van der Waals surface area contributed by atoms with E-state index in [0.717, 1.165) is 10.7 Å². The molecular formula is C7H7ClIN. The Labute approximate surface area is 78.9 Å². The van der Waals surface area contributed by atoms with Crippen LogP contribution in [0.2, 0.25) is 5.02 Å². The maximum absolute atomic E-state index is 5.75. The highest BCUT2D eigenvalue weighted by atomic mass is 127. The van der Waals surface area contributed by atoms with E-state index in [2.05, 4.69) is 27.9 Å². The van der Waals surface area contributed by atoms with Gasteiger partial charge in [-0.25, -0.2) is 0 Å². The van der Waals surface area contributed by atoms with Gasteiger partial charge in [-0.2, -0.15) is 0 Å². The fourth-order valence-electron chi connectivity index (χ4n) is 0.689. The van der Waals surface area contributed by atoms with E-state index in [1.54, 1.807) is 0 Å². The first kappa shape index (κ1) is 8.14. The first-order valence-corrected chi connectivity index (χ1v) is 4.32. The Hall–Kier alpha value is 0.0400. The van der Waals surface area contributed by atoms with Gasteiger partial charge in [0.2, 0.25) is 0 Å². The Morgan fingerprint density at radius 1 is 1.50 bits per heavy atom. The summed E-state index contributed by atoms with van der Waals surface area (Å²) < 4.78 is 1.18. The SMILES string of the molecule is CNc1cc(Cl)ccc1I. The quantitative estimate of drug-likeness (QED) is 0.771. The molecule has 0 saturated carbocycles. The van der Waals surface area contributed by atoms with Crippen LogP contribution in [0, 0.1) is 3.57 Å². The maximum Gasteiger partial charge on any atom is 0.0488 e. The molecule has 1 aromatic rings. The Bertz CT molecular complexity index is 237. The summed E-state index contributed by atoms with van der Waals surface area (Å²) in [7, 11) is 1.88. The molecule has 1 N–H and O–H groups in total. The van der Waals surface area contributed by atoms with Crippen molar-refractivity contribution in [3.05, 3.63) is 26.8 Å². The van der Waals surface area contributed by atoms with Crippen molar-refractivity contribution in [3.63, 3.8) is 0 Å². The number of hydrogen-bond acceptors (Lipinski definition) is 1. The summed E-state index contributed by atoms with van der Waals surface area (Å²) in [5.74, 6) is 0. The predicted octanol–water partition coefficient (Wildman–Crippen LogP) is 2.99. The van der Waals surface area contributed by atoms with E-state index in [-0.39, 0.29) is 0 Å². The number of rotatable bonds is 1. The zero-order chi connectivity index (χ0) is 7.56. The zero-order valence-corrected chi connectivity index (χ0v) is 8.40. The van der Waals surface area contributed by atoms with Gasteiger partial charge in [-0.15, -0.1) is 0 Å². The van der Waals surface area contributed by atoms with Gasteiger partial charge >= 0.3 is 0 Å². The van der Waals surface area contributed by atoms with Crippen molar-refractivity contribution >= 4 is 39.9 Å². The smallest absolute Gasteiger partial charge is 0.0488 e. The van der Waals surface area contributed by atoms with Crippen LogP contribution in [-0.4, -0.2) is 7.05 Å². The molecule has 0 fully saturated rings. The summed E-state index contributed by atoms with van der Waals surface area (Å²) in [6.07, 6.45) is 0. The first-order chi connectivity index (χ1) is 4.74. The molecule has 0 aliphatic carbocycles. The lowest BCUT2D eigenvalue weighted by molar-refractivity contribution is 1.48. The highest BCUT2D eigenvalue weighted by Crippen LogP contribution is 2.21. The van der Waals surface area contributed by atoms with Crippen LogP contribution >= 0.6 is 34.2 Å². The molecule has 0 heterocycles. The minimum absolute atomic E-state index is 0.768. The molecule has 10 heavy (non-hydrogen) atoms. The third-order valence-corrected chi connectivity index (χ3v) is 2.37. The van der Waals surface area contributed by atoms with E-state index < -0.39 is 0 Å². The summed E-state index contributed by atoms with van der Waals surface area (Å²) in [5, 5.41) is 3.81.